The largest absolute Gasteiger partial charge is 0.394 e. The lowest BCUT2D eigenvalue weighted by atomic mass is 9.75. The van der Waals surface area contributed by atoms with Gasteiger partial charge in [-0.05, 0) is 50.9 Å². The highest BCUT2D eigenvalue weighted by molar-refractivity contribution is 5.83. The second-order valence-corrected chi connectivity index (χ2v) is 6.92. The van der Waals surface area contributed by atoms with Crippen LogP contribution in [0, 0.1) is 11.3 Å². The molecule has 3 nitrogen and oxygen atoms in total. The molecule has 2 fully saturated rings. The third kappa shape index (κ3) is 2.96. The highest BCUT2D eigenvalue weighted by Crippen LogP contribution is 2.42. The quantitative estimate of drug-likeness (QED) is 0.822. The summed E-state index contributed by atoms with van der Waals surface area (Å²) in [5.74, 6) is 0.930. The van der Waals surface area contributed by atoms with Gasteiger partial charge in [-0.1, -0.05) is 26.7 Å². The minimum absolute atomic E-state index is 0.0885. The number of rotatable bonds is 4. The van der Waals surface area contributed by atoms with Gasteiger partial charge in [0.15, 0.2) is 0 Å². The SMILES string of the molecule is CCC1(C(=O)NC2(CO)CCC(C)CC2)CCCC1. The third-order valence-electron chi connectivity index (χ3n) is 5.63. The minimum Gasteiger partial charge on any atom is -0.394 e. The normalized spacial score (nSPS) is 34.2. The zero-order valence-corrected chi connectivity index (χ0v) is 12.5. The first-order valence-corrected chi connectivity index (χ1v) is 7.99. The fraction of sp³-hybridized carbons (Fsp3) is 0.938. The van der Waals surface area contributed by atoms with Gasteiger partial charge >= 0.3 is 0 Å². The van der Waals surface area contributed by atoms with E-state index in [2.05, 4.69) is 19.2 Å². The first kappa shape index (κ1) is 14.8. The molecular formula is C16H29NO2. The van der Waals surface area contributed by atoms with Crippen molar-refractivity contribution in [3.63, 3.8) is 0 Å². The molecule has 0 saturated heterocycles. The minimum atomic E-state index is -0.339. The molecule has 2 saturated carbocycles. The summed E-state index contributed by atoms with van der Waals surface area (Å²) in [6.45, 7) is 4.47. The van der Waals surface area contributed by atoms with Gasteiger partial charge in [-0.3, -0.25) is 4.79 Å². The highest BCUT2D eigenvalue weighted by Gasteiger charge is 2.43. The Morgan fingerprint density at radius 1 is 1.21 bits per heavy atom. The molecular weight excluding hydrogens is 238 g/mol. The van der Waals surface area contributed by atoms with Crippen molar-refractivity contribution in [2.75, 3.05) is 6.61 Å². The molecule has 0 bridgehead atoms. The van der Waals surface area contributed by atoms with Crippen molar-refractivity contribution >= 4 is 5.91 Å². The maximum absolute atomic E-state index is 12.7. The number of carbonyl (C=O) groups excluding carboxylic acids is 1. The molecule has 0 radical (unpaired) electrons. The van der Waals surface area contributed by atoms with Crippen LogP contribution in [0.5, 0.6) is 0 Å². The maximum atomic E-state index is 12.7. The monoisotopic (exact) mass is 267 g/mol. The number of nitrogens with one attached hydrogen (secondary N) is 1. The lowest BCUT2D eigenvalue weighted by molar-refractivity contribution is -0.134. The number of aliphatic hydroxyl groups is 1. The number of carbonyl (C=O) groups is 1. The summed E-state index contributed by atoms with van der Waals surface area (Å²) in [5.41, 5.74) is -0.487. The van der Waals surface area contributed by atoms with E-state index in [0.717, 1.165) is 50.9 Å². The van der Waals surface area contributed by atoms with Crippen LogP contribution >= 0.6 is 0 Å². The van der Waals surface area contributed by atoms with Gasteiger partial charge in [-0.15, -0.1) is 0 Å². The third-order valence-corrected chi connectivity index (χ3v) is 5.63. The van der Waals surface area contributed by atoms with Crippen LogP contribution in [0.3, 0.4) is 0 Å². The van der Waals surface area contributed by atoms with Crippen LogP contribution in [0.15, 0.2) is 0 Å². The van der Waals surface area contributed by atoms with Gasteiger partial charge < -0.3 is 10.4 Å². The molecule has 19 heavy (non-hydrogen) atoms. The van der Waals surface area contributed by atoms with E-state index in [1.165, 1.54) is 12.8 Å². The van der Waals surface area contributed by atoms with E-state index in [1.807, 2.05) is 0 Å². The van der Waals surface area contributed by atoms with Crippen LogP contribution in [-0.4, -0.2) is 23.2 Å². The molecule has 0 aromatic carbocycles. The van der Waals surface area contributed by atoms with Gasteiger partial charge in [0.25, 0.3) is 0 Å². The fourth-order valence-corrected chi connectivity index (χ4v) is 3.80. The van der Waals surface area contributed by atoms with E-state index >= 15 is 0 Å². The lowest BCUT2D eigenvalue weighted by Crippen LogP contribution is -2.56. The zero-order valence-electron chi connectivity index (χ0n) is 12.5. The molecule has 2 rings (SSSR count). The number of hydrogen-bond acceptors (Lipinski definition) is 2. The number of amides is 1. The van der Waals surface area contributed by atoms with Crippen molar-refractivity contribution in [3.8, 4) is 0 Å². The van der Waals surface area contributed by atoms with Crippen LogP contribution in [0.25, 0.3) is 0 Å². The maximum Gasteiger partial charge on any atom is 0.226 e. The van der Waals surface area contributed by atoms with Crippen molar-refractivity contribution in [3.05, 3.63) is 0 Å². The van der Waals surface area contributed by atoms with E-state index in [-0.39, 0.29) is 23.5 Å². The molecule has 3 heteroatoms. The Kier molecular flexibility index (Phi) is 4.54. The summed E-state index contributed by atoms with van der Waals surface area (Å²) in [4.78, 5) is 12.7. The Balaban J connectivity index is 2.03. The van der Waals surface area contributed by atoms with Gasteiger partial charge in [-0.2, -0.15) is 0 Å². The Hall–Kier alpha value is -0.570. The van der Waals surface area contributed by atoms with Crippen LogP contribution in [0.2, 0.25) is 0 Å². The average Bonchev–Trinajstić information content (AvgIpc) is 2.92. The van der Waals surface area contributed by atoms with Crippen LogP contribution in [0.4, 0.5) is 0 Å². The highest BCUT2D eigenvalue weighted by atomic mass is 16.3. The zero-order chi connectivity index (χ0) is 13.9. The van der Waals surface area contributed by atoms with Crippen molar-refractivity contribution in [1.82, 2.24) is 5.32 Å². The van der Waals surface area contributed by atoms with E-state index in [0.29, 0.717) is 0 Å². The Labute approximate surface area is 117 Å². The number of hydrogen-bond donors (Lipinski definition) is 2. The summed E-state index contributed by atoms with van der Waals surface area (Å²) in [6, 6.07) is 0. The van der Waals surface area contributed by atoms with Crippen molar-refractivity contribution in [1.29, 1.82) is 0 Å². The summed E-state index contributed by atoms with van der Waals surface area (Å²) in [5, 5.41) is 13.0. The average molecular weight is 267 g/mol. The molecule has 0 aromatic heterocycles. The Bertz CT molecular complexity index is 313. The van der Waals surface area contributed by atoms with E-state index in [1.54, 1.807) is 0 Å². The molecule has 0 spiro atoms. The summed E-state index contributed by atoms with van der Waals surface area (Å²) >= 11 is 0. The van der Waals surface area contributed by atoms with Gasteiger partial charge in [0, 0.05) is 5.41 Å². The second-order valence-electron chi connectivity index (χ2n) is 6.92. The molecule has 2 aliphatic rings. The first-order chi connectivity index (χ1) is 9.06. The number of aliphatic hydroxyl groups excluding tert-OH is 1. The van der Waals surface area contributed by atoms with Crippen LogP contribution < -0.4 is 5.32 Å². The topological polar surface area (TPSA) is 49.3 Å². The standard InChI is InChI=1S/C16H29NO2/c1-3-15(8-4-5-9-15)14(19)17-16(12-18)10-6-13(2)7-11-16/h13,18H,3-12H2,1-2H3,(H,17,19). The molecule has 1 amide bonds. The first-order valence-electron chi connectivity index (χ1n) is 7.99. The smallest absolute Gasteiger partial charge is 0.226 e. The molecule has 2 N–H and O–H groups in total. The van der Waals surface area contributed by atoms with E-state index in [4.69, 9.17) is 0 Å². The van der Waals surface area contributed by atoms with Gasteiger partial charge in [-0.25, -0.2) is 0 Å². The molecule has 0 aromatic rings. The second kappa shape index (κ2) is 5.82. The predicted octanol–water partition coefficient (Wildman–Crippen LogP) is 3.01. The van der Waals surface area contributed by atoms with Gasteiger partial charge in [0.2, 0.25) is 5.91 Å². The van der Waals surface area contributed by atoms with Crippen molar-refractivity contribution < 1.29 is 9.90 Å². The molecule has 0 heterocycles. The van der Waals surface area contributed by atoms with Crippen LogP contribution in [0.1, 0.15) is 71.6 Å². The fourth-order valence-electron chi connectivity index (χ4n) is 3.80. The van der Waals surface area contributed by atoms with Crippen LogP contribution in [-0.2, 0) is 4.79 Å². The molecule has 110 valence electrons. The Morgan fingerprint density at radius 2 is 1.79 bits per heavy atom. The summed E-state index contributed by atoms with van der Waals surface area (Å²) in [7, 11) is 0. The van der Waals surface area contributed by atoms with Crippen molar-refractivity contribution in [2.45, 2.75) is 77.2 Å². The summed E-state index contributed by atoms with van der Waals surface area (Å²) < 4.78 is 0. The molecule has 2 aliphatic carbocycles. The lowest BCUT2D eigenvalue weighted by Gasteiger charge is -2.41. The van der Waals surface area contributed by atoms with E-state index < -0.39 is 0 Å². The van der Waals surface area contributed by atoms with E-state index in [9.17, 15) is 9.90 Å². The molecule has 0 unspecified atom stereocenters. The summed E-state index contributed by atoms with van der Waals surface area (Å²) in [6.07, 6.45) is 9.39. The van der Waals surface area contributed by atoms with Gasteiger partial charge in [0.05, 0.1) is 12.1 Å². The van der Waals surface area contributed by atoms with Gasteiger partial charge in [0.1, 0.15) is 0 Å². The predicted molar refractivity (Wildman–Crippen MR) is 76.8 cm³/mol. The Morgan fingerprint density at radius 3 is 2.26 bits per heavy atom. The van der Waals surface area contributed by atoms with Crippen molar-refractivity contribution in [2.24, 2.45) is 11.3 Å². The molecule has 0 aliphatic heterocycles. The molecule has 0 atom stereocenters.